The molecule has 1 aromatic carbocycles. The number of hydrogen-bond donors (Lipinski definition) is 1. The lowest BCUT2D eigenvalue weighted by atomic mass is 10.1. The molecule has 0 amide bonds. The van der Waals surface area contributed by atoms with Crippen LogP contribution < -0.4 is 5.73 Å². The molecule has 0 fully saturated rings. The number of ether oxygens (including phenoxy) is 1. The van der Waals surface area contributed by atoms with Crippen molar-refractivity contribution in [2.45, 2.75) is 25.7 Å². The summed E-state index contributed by atoms with van der Waals surface area (Å²) in [7, 11) is 1.87. The minimum Gasteiger partial charge on any atom is -0.367 e. The molecule has 0 saturated heterocycles. The van der Waals surface area contributed by atoms with Crippen molar-refractivity contribution in [3.63, 3.8) is 0 Å². The quantitative estimate of drug-likeness (QED) is 0.915. The van der Waals surface area contributed by atoms with E-state index in [4.69, 9.17) is 22.1 Å². The molecule has 1 aromatic heterocycles. The molecule has 0 bridgehead atoms. The molecule has 2 N–H and O–H groups in total. The Balaban J connectivity index is 2.06. The summed E-state index contributed by atoms with van der Waals surface area (Å²) in [6, 6.07) is 7.51. The van der Waals surface area contributed by atoms with Crippen molar-refractivity contribution in [1.82, 2.24) is 9.78 Å². The number of hydrogen-bond acceptors (Lipinski definition) is 3. The van der Waals surface area contributed by atoms with Crippen molar-refractivity contribution in [2.75, 3.05) is 0 Å². The molecule has 0 radical (unpaired) electrons. The number of nitrogens with zero attached hydrogens (tertiary/aromatic N) is 2. The normalized spacial score (nSPS) is 14.3. The van der Waals surface area contributed by atoms with Crippen molar-refractivity contribution in [3.05, 3.63) is 52.8 Å². The van der Waals surface area contributed by atoms with E-state index in [0.717, 1.165) is 11.1 Å². The maximum atomic E-state index is 5.98. The molecule has 5 heteroatoms. The molecule has 102 valence electrons. The van der Waals surface area contributed by atoms with Crippen molar-refractivity contribution < 1.29 is 4.74 Å². The van der Waals surface area contributed by atoms with E-state index in [1.165, 1.54) is 0 Å². The molecule has 0 aliphatic heterocycles. The molecule has 19 heavy (non-hydrogen) atoms. The van der Waals surface area contributed by atoms with Gasteiger partial charge in [0.25, 0.3) is 0 Å². The van der Waals surface area contributed by atoms with Gasteiger partial charge in [0.15, 0.2) is 0 Å². The summed E-state index contributed by atoms with van der Waals surface area (Å²) in [6.07, 6.45) is 3.53. The number of aryl methyl sites for hydroxylation is 1. The first kappa shape index (κ1) is 14.1. The first-order chi connectivity index (χ1) is 9.06. The van der Waals surface area contributed by atoms with Crippen LogP contribution >= 0.6 is 11.6 Å². The second-order valence-electron chi connectivity index (χ2n) is 4.67. The largest absolute Gasteiger partial charge is 0.367 e. The van der Waals surface area contributed by atoms with Gasteiger partial charge in [-0.1, -0.05) is 23.7 Å². The smallest absolute Gasteiger partial charge is 0.101 e. The Kier molecular flexibility index (Phi) is 4.58. The van der Waals surface area contributed by atoms with E-state index in [0.29, 0.717) is 11.6 Å². The molecule has 4 nitrogen and oxygen atoms in total. The Bertz CT molecular complexity index is 539. The van der Waals surface area contributed by atoms with E-state index in [9.17, 15) is 0 Å². The summed E-state index contributed by atoms with van der Waals surface area (Å²) in [4.78, 5) is 0. The Morgan fingerprint density at radius 2 is 2.26 bits per heavy atom. The highest BCUT2D eigenvalue weighted by Crippen LogP contribution is 2.22. The highest BCUT2D eigenvalue weighted by atomic mass is 35.5. The van der Waals surface area contributed by atoms with Crippen LogP contribution in [-0.2, 0) is 18.4 Å². The van der Waals surface area contributed by atoms with Crippen LogP contribution in [0.5, 0.6) is 0 Å². The molecule has 2 atom stereocenters. The van der Waals surface area contributed by atoms with Gasteiger partial charge in [-0.05, 0) is 24.6 Å². The van der Waals surface area contributed by atoms with Crippen LogP contribution in [0.3, 0.4) is 0 Å². The van der Waals surface area contributed by atoms with Gasteiger partial charge in [0, 0.05) is 29.9 Å². The van der Waals surface area contributed by atoms with Gasteiger partial charge in [0.2, 0.25) is 0 Å². The first-order valence-corrected chi connectivity index (χ1v) is 6.54. The highest BCUT2D eigenvalue weighted by Gasteiger charge is 2.18. The summed E-state index contributed by atoms with van der Waals surface area (Å²) in [6.45, 7) is 2.40. The maximum Gasteiger partial charge on any atom is 0.101 e. The zero-order chi connectivity index (χ0) is 13.8. The lowest BCUT2D eigenvalue weighted by Gasteiger charge is -2.20. The summed E-state index contributed by atoms with van der Waals surface area (Å²) >= 11 is 5.95. The second kappa shape index (κ2) is 6.19. The lowest BCUT2D eigenvalue weighted by Crippen LogP contribution is -2.26. The fraction of sp³-hybridized carbons (Fsp3) is 0.357. The van der Waals surface area contributed by atoms with Gasteiger partial charge in [0.1, 0.15) is 6.10 Å². The SMILES string of the molecule is CC(N)C(OCc1cccc(Cl)c1)c1cnn(C)c1. The van der Waals surface area contributed by atoms with Crippen LogP contribution in [-0.4, -0.2) is 15.8 Å². The first-order valence-electron chi connectivity index (χ1n) is 6.16. The average molecular weight is 280 g/mol. The minimum atomic E-state index is -0.173. The molecule has 1 heterocycles. The predicted molar refractivity (Wildman–Crippen MR) is 75.8 cm³/mol. The summed E-state index contributed by atoms with van der Waals surface area (Å²) < 4.78 is 7.65. The van der Waals surface area contributed by atoms with Crippen LogP contribution in [0, 0.1) is 0 Å². The monoisotopic (exact) mass is 279 g/mol. The van der Waals surface area contributed by atoms with E-state index in [1.54, 1.807) is 10.9 Å². The van der Waals surface area contributed by atoms with Crippen molar-refractivity contribution in [3.8, 4) is 0 Å². The third-order valence-electron chi connectivity index (χ3n) is 2.85. The summed E-state index contributed by atoms with van der Waals surface area (Å²) in [5.41, 5.74) is 8.00. The lowest BCUT2D eigenvalue weighted by molar-refractivity contribution is 0.0258. The second-order valence-corrected chi connectivity index (χ2v) is 5.10. The van der Waals surface area contributed by atoms with Crippen molar-refractivity contribution >= 4 is 11.6 Å². The molecule has 0 spiro atoms. The van der Waals surface area contributed by atoms with Crippen LogP contribution in [0.15, 0.2) is 36.7 Å². The van der Waals surface area contributed by atoms with Gasteiger partial charge in [0.05, 0.1) is 12.8 Å². The Labute approximate surface area is 118 Å². The Hall–Kier alpha value is -1.36. The average Bonchev–Trinajstić information content (AvgIpc) is 2.76. The van der Waals surface area contributed by atoms with Crippen molar-refractivity contribution in [2.24, 2.45) is 12.8 Å². The van der Waals surface area contributed by atoms with Gasteiger partial charge in [-0.15, -0.1) is 0 Å². The maximum absolute atomic E-state index is 5.98. The van der Waals surface area contributed by atoms with Crippen LogP contribution in [0.1, 0.15) is 24.2 Å². The van der Waals surface area contributed by atoms with Gasteiger partial charge in [-0.25, -0.2) is 0 Å². The van der Waals surface area contributed by atoms with E-state index in [-0.39, 0.29) is 12.1 Å². The molecule has 2 unspecified atom stereocenters. The number of aromatic nitrogens is 2. The molecular weight excluding hydrogens is 262 g/mol. The molecule has 2 rings (SSSR count). The van der Waals surface area contributed by atoms with E-state index in [1.807, 2.05) is 44.4 Å². The van der Waals surface area contributed by atoms with Gasteiger partial charge >= 0.3 is 0 Å². The zero-order valence-corrected chi connectivity index (χ0v) is 11.8. The van der Waals surface area contributed by atoms with E-state index >= 15 is 0 Å². The van der Waals surface area contributed by atoms with Gasteiger partial charge < -0.3 is 10.5 Å². The predicted octanol–water partition coefficient (Wildman–Crippen LogP) is 2.68. The topological polar surface area (TPSA) is 53.1 Å². The van der Waals surface area contributed by atoms with E-state index < -0.39 is 0 Å². The molecular formula is C14H18ClN3O. The Morgan fingerprint density at radius 3 is 2.84 bits per heavy atom. The zero-order valence-electron chi connectivity index (χ0n) is 11.1. The third kappa shape index (κ3) is 3.80. The highest BCUT2D eigenvalue weighted by molar-refractivity contribution is 6.30. The molecule has 0 saturated carbocycles. The number of halogens is 1. The van der Waals surface area contributed by atoms with Crippen LogP contribution in [0.4, 0.5) is 0 Å². The van der Waals surface area contributed by atoms with Crippen LogP contribution in [0.25, 0.3) is 0 Å². The molecule has 0 aliphatic carbocycles. The standard InChI is InChI=1S/C14H18ClN3O/c1-10(16)14(12-7-17-18(2)8-12)19-9-11-4-3-5-13(15)6-11/h3-8,10,14H,9,16H2,1-2H3. The van der Waals surface area contributed by atoms with Crippen LogP contribution in [0.2, 0.25) is 5.02 Å². The summed E-state index contributed by atoms with van der Waals surface area (Å²) in [5.74, 6) is 0. The number of rotatable bonds is 5. The fourth-order valence-electron chi connectivity index (χ4n) is 1.95. The molecule has 2 aromatic rings. The number of benzene rings is 1. The number of nitrogens with two attached hydrogens (primary N) is 1. The molecule has 0 aliphatic rings. The Morgan fingerprint density at radius 1 is 1.47 bits per heavy atom. The summed E-state index contributed by atoms with van der Waals surface area (Å²) in [5, 5.41) is 4.86. The third-order valence-corrected chi connectivity index (χ3v) is 3.08. The minimum absolute atomic E-state index is 0.108. The fourth-order valence-corrected chi connectivity index (χ4v) is 2.16. The van der Waals surface area contributed by atoms with Gasteiger partial charge in [-0.3, -0.25) is 4.68 Å². The van der Waals surface area contributed by atoms with Crippen molar-refractivity contribution in [1.29, 1.82) is 0 Å². The van der Waals surface area contributed by atoms with Gasteiger partial charge in [-0.2, -0.15) is 5.10 Å². The van der Waals surface area contributed by atoms with E-state index in [2.05, 4.69) is 5.10 Å².